The highest BCUT2D eigenvalue weighted by atomic mass is 32.2. The normalized spacial score (nSPS) is 21.0. The number of nitrogens with zero attached hydrogens (tertiary/aromatic N) is 2. The number of pyridine rings is 1. The number of rotatable bonds is 5. The van der Waals surface area contributed by atoms with Crippen molar-refractivity contribution in [1.29, 1.82) is 0 Å². The number of likely N-dealkylation sites (tertiary alicyclic amines) is 1. The molecule has 0 radical (unpaired) electrons. The summed E-state index contributed by atoms with van der Waals surface area (Å²) in [4.78, 5) is 18.8. The smallest absolute Gasteiger partial charge is 0.227 e. The van der Waals surface area contributed by atoms with E-state index >= 15 is 0 Å². The molecule has 0 N–H and O–H groups in total. The van der Waals surface area contributed by atoms with E-state index in [-0.39, 0.29) is 16.8 Å². The number of thioether (sulfide) groups is 1. The zero-order valence-electron chi connectivity index (χ0n) is 15.1. The van der Waals surface area contributed by atoms with Crippen molar-refractivity contribution in [3.63, 3.8) is 0 Å². The number of carbonyl (C=O) groups excluding carboxylic acids is 1. The van der Waals surface area contributed by atoms with Crippen LogP contribution in [0.15, 0.2) is 48.7 Å². The van der Waals surface area contributed by atoms with Gasteiger partial charge in [0.25, 0.3) is 0 Å². The Balaban J connectivity index is 1.23. The van der Waals surface area contributed by atoms with Gasteiger partial charge in [-0.2, -0.15) is 0 Å². The molecule has 1 amide bonds. The van der Waals surface area contributed by atoms with Crippen LogP contribution in [-0.4, -0.2) is 45.5 Å². The van der Waals surface area contributed by atoms with Gasteiger partial charge in [0.15, 0.2) is 0 Å². The Morgan fingerprint density at radius 2 is 2.08 bits per heavy atom. The van der Waals surface area contributed by atoms with Crippen molar-refractivity contribution < 1.29 is 9.53 Å². The van der Waals surface area contributed by atoms with Gasteiger partial charge in [0, 0.05) is 25.0 Å². The second-order valence-corrected chi connectivity index (χ2v) is 8.85. The molecule has 1 aromatic heterocycles. The lowest BCUT2D eigenvalue weighted by atomic mass is 9.92. The maximum Gasteiger partial charge on any atom is 0.227 e. The van der Waals surface area contributed by atoms with Crippen molar-refractivity contribution in [3.05, 3.63) is 65.5 Å². The van der Waals surface area contributed by atoms with Crippen molar-refractivity contribution in [3.8, 4) is 0 Å². The minimum absolute atomic E-state index is 0.206. The van der Waals surface area contributed by atoms with Crippen LogP contribution < -0.4 is 0 Å². The maximum absolute atomic E-state index is 12.5. The number of ether oxygens (including phenoxy) is 1. The molecule has 2 aromatic rings. The Morgan fingerprint density at radius 1 is 1.27 bits per heavy atom. The number of amides is 1. The van der Waals surface area contributed by atoms with Crippen molar-refractivity contribution in [2.45, 2.75) is 37.2 Å². The molecule has 2 fully saturated rings. The second-order valence-electron chi connectivity index (χ2n) is 7.36. The van der Waals surface area contributed by atoms with Gasteiger partial charge in [-0.3, -0.25) is 9.78 Å². The third kappa shape index (κ3) is 3.94. The van der Waals surface area contributed by atoms with Crippen LogP contribution in [0.3, 0.4) is 0 Å². The van der Waals surface area contributed by atoms with Crippen LogP contribution in [0.2, 0.25) is 0 Å². The van der Waals surface area contributed by atoms with Gasteiger partial charge in [0.1, 0.15) is 0 Å². The van der Waals surface area contributed by atoms with Crippen LogP contribution in [0.25, 0.3) is 0 Å². The standard InChI is InChI=1S/C21H24N2O2S/c1-16-5-7-17(8-6-16)10-20(24)23-14-21(15-23)11-19(13-26-21)25-12-18-4-2-3-9-22-18/h2-9,19H,10-15H2,1H3/t19-/m1/s1. The van der Waals surface area contributed by atoms with E-state index in [0.29, 0.717) is 13.0 Å². The van der Waals surface area contributed by atoms with Gasteiger partial charge in [-0.05, 0) is 31.0 Å². The molecular weight excluding hydrogens is 344 g/mol. The number of aromatic nitrogens is 1. The second kappa shape index (κ2) is 7.41. The van der Waals surface area contributed by atoms with E-state index in [9.17, 15) is 4.79 Å². The Bertz CT molecular complexity index is 757. The number of benzene rings is 1. The minimum atomic E-state index is 0.206. The molecule has 0 unspecified atom stereocenters. The van der Waals surface area contributed by atoms with Crippen molar-refractivity contribution in [2.75, 3.05) is 18.8 Å². The average Bonchev–Trinajstić information content (AvgIpc) is 3.06. The summed E-state index contributed by atoms with van der Waals surface area (Å²) in [5, 5.41) is 0. The van der Waals surface area contributed by atoms with E-state index in [0.717, 1.165) is 36.5 Å². The predicted molar refractivity (Wildman–Crippen MR) is 104 cm³/mol. The topological polar surface area (TPSA) is 42.4 Å². The van der Waals surface area contributed by atoms with E-state index in [1.54, 1.807) is 6.20 Å². The summed E-state index contributed by atoms with van der Waals surface area (Å²) in [5.41, 5.74) is 3.29. The van der Waals surface area contributed by atoms with Crippen LogP contribution in [-0.2, 0) is 22.6 Å². The first-order valence-electron chi connectivity index (χ1n) is 9.11. The fourth-order valence-electron chi connectivity index (χ4n) is 3.63. The molecule has 4 nitrogen and oxygen atoms in total. The fourth-order valence-corrected chi connectivity index (χ4v) is 5.19. The summed E-state index contributed by atoms with van der Waals surface area (Å²) in [6.07, 6.45) is 3.59. The van der Waals surface area contributed by atoms with Crippen LogP contribution in [0.1, 0.15) is 23.2 Å². The molecule has 26 heavy (non-hydrogen) atoms. The molecular formula is C21H24N2O2S. The molecule has 1 spiro atoms. The molecule has 0 aliphatic carbocycles. The lowest BCUT2D eigenvalue weighted by molar-refractivity contribution is -0.136. The van der Waals surface area contributed by atoms with E-state index < -0.39 is 0 Å². The molecule has 2 saturated heterocycles. The number of hydrogen-bond donors (Lipinski definition) is 0. The molecule has 3 heterocycles. The van der Waals surface area contributed by atoms with Crippen molar-refractivity contribution in [1.82, 2.24) is 9.88 Å². The van der Waals surface area contributed by atoms with E-state index in [1.165, 1.54) is 5.56 Å². The minimum Gasteiger partial charge on any atom is -0.371 e. The van der Waals surface area contributed by atoms with Gasteiger partial charge in [-0.1, -0.05) is 35.9 Å². The fraction of sp³-hybridized carbons (Fsp3) is 0.429. The van der Waals surface area contributed by atoms with Gasteiger partial charge in [0.05, 0.1) is 29.6 Å². The van der Waals surface area contributed by atoms with Crippen LogP contribution in [0.5, 0.6) is 0 Å². The summed E-state index contributed by atoms with van der Waals surface area (Å²) in [5.74, 6) is 1.24. The number of carbonyl (C=O) groups is 1. The molecule has 1 aromatic carbocycles. The highest BCUT2D eigenvalue weighted by Crippen LogP contribution is 2.46. The first-order valence-corrected chi connectivity index (χ1v) is 10.1. The Kier molecular flexibility index (Phi) is 5.00. The Morgan fingerprint density at radius 3 is 2.81 bits per heavy atom. The van der Waals surface area contributed by atoms with E-state index in [2.05, 4.69) is 36.2 Å². The molecule has 2 aliphatic heterocycles. The Labute approximate surface area is 159 Å². The predicted octanol–water partition coefficient (Wildman–Crippen LogP) is 3.24. The van der Waals surface area contributed by atoms with E-state index in [4.69, 9.17) is 4.74 Å². The molecule has 5 heteroatoms. The maximum atomic E-state index is 12.5. The third-order valence-corrected chi connectivity index (χ3v) is 6.73. The summed E-state index contributed by atoms with van der Waals surface area (Å²) >= 11 is 1.96. The monoisotopic (exact) mass is 368 g/mol. The van der Waals surface area contributed by atoms with Crippen LogP contribution in [0, 0.1) is 6.92 Å². The van der Waals surface area contributed by atoms with Gasteiger partial charge in [0.2, 0.25) is 5.91 Å². The molecule has 136 valence electrons. The highest BCUT2D eigenvalue weighted by molar-refractivity contribution is 8.01. The summed E-state index contributed by atoms with van der Waals surface area (Å²) < 4.78 is 6.24. The molecule has 2 aliphatic rings. The highest BCUT2D eigenvalue weighted by Gasteiger charge is 2.50. The zero-order chi connectivity index (χ0) is 18.0. The van der Waals surface area contributed by atoms with Gasteiger partial charge < -0.3 is 9.64 Å². The molecule has 0 saturated carbocycles. The number of hydrogen-bond acceptors (Lipinski definition) is 4. The lowest BCUT2D eigenvalue weighted by Gasteiger charge is -2.47. The molecule has 0 bridgehead atoms. The van der Waals surface area contributed by atoms with Gasteiger partial charge in [-0.15, -0.1) is 11.8 Å². The van der Waals surface area contributed by atoms with Crippen LogP contribution >= 0.6 is 11.8 Å². The van der Waals surface area contributed by atoms with Crippen LogP contribution in [0.4, 0.5) is 0 Å². The molecule has 1 atom stereocenters. The summed E-state index contributed by atoms with van der Waals surface area (Å²) in [7, 11) is 0. The average molecular weight is 369 g/mol. The van der Waals surface area contributed by atoms with Gasteiger partial charge >= 0.3 is 0 Å². The summed E-state index contributed by atoms with van der Waals surface area (Å²) in [6.45, 7) is 4.34. The third-order valence-electron chi connectivity index (χ3n) is 5.15. The first kappa shape index (κ1) is 17.6. The largest absolute Gasteiger partial charge is 0.371 e. The summed E-state index contributed by atoms with van der Waals surface area (Å²) in [6, 6.07) is 14.1. The van der Waals surface area contributed by atoms with Crippen molar-refractivity contribution >= 4 is 17.7 Å². The van der Waals surface area contributed by atoms with Crippen molar-refractivity contribution in [2.24, 2.45) is 0 Å². The SMILES string of the molecule is Cc1ccc(CC(=O)N2CC3(C[C@@H](OCc4ccccn4)CS3)C2)cc1. The lowest BCUT2D eigenvalue weighted by Crippen LogP contribution is -2.61. The first-order chi connectivity index (χ1) is 12.6. The zero-order valence-corrected chi connectivity index (χ0v) is 15.9. The quantitative estimate of drug-likeness (QED) is 0.813. The molecule has 4 rings (SSSR count). The van der Waals surface area contributed by atoms with E-state index in [1.807, 2.05) is 34.9 Å². The Hall–Kier alpha value is -1.85. The van der Waals surface area contributed by atoms with Gasteiger partial charge in [-0.25, -0.2) is 0 Å². The number of aryl methyl sites for hydroxylation is 1.